The summed E-state index contributed by atoms with van der Waals surface area (Å²) in [5, 5.41) is 19.3. The Labute approximate surface area is 153 Å². The lowest BCUT2D eigenvalue weighted by atomic mass is 10.2. The van der Waals surface area contributed by atoms with Crippen LogP contribution in [0.4, 0.5) is 5.69 Å². The van der Waals surface area contributed by atoms with Crippen LogP contribution in [0.15, 0.2) is 52.7 Å². The zero-order valence-electron chi connectivity index (χ0n) is 13.1. The number of fused-ring (bicyclic) bond motifs is 1. The van der Waals surface area contributed by atoms with Crippen LogP contribution in [0.3, 0.4) is 0 Å². The van der Waals surface area contributed by atoms with Crippen LogP contribution in [0.5, 0.6) is 11.6 Å². The van der Waals surface area contributed by atoms with Crippen LogP contribution in [0.1, 0.15) is 0 Å². The number of nitrogens with zero attached hydrogens (tertiary/aromatic N) is 3. The lowest BCUT2D eigenvalue weighted by Crippen LogP contribution is -2.07. The number of hydrogen-bond acceptors (Lipinski definition) is 4. The molecule has 1 heterocycles. The summed E-state index contributed by atoms with van der Waals surface area (Å²) in [6, 6.07) is 11.7. The number of aryl methyl sites for hydroxylation is 1. The SMILES string of the molecule is Cn1c(O)c(N=NC(=O)COc2ccc(Cl)cc2)c2cc(Cl)ccc21. The molecule has 128 valence electrons. The zero-order valence-corrected chi connectivity index (χ0v) is 14.6. The van der Waals surface area contributed by atoms with E-state index in [0.29, 0.717) is 21.2 Å². The van der Waals surface area contributed by atoms with Gasteiger partial charge in [0.05, 0.1) is 5.52 Å². The summed E-state index contributed by atoms with van der Waals surface area (Å²) in [5.41, 5.74) is 0.903. The van der Waals surface area contributed by atoms with Crippen molar-refractivity contribution in [2.45, 2.75) is 0 Å². The fourth-order valence-electron chi connectivity index (χ4n) is 2.29. The van der Waals surface area contributed by atoms with Gasteiger partial charge in [0.15, 0.2) is 12.3 Å². The monoisotopic (exact) mass is 377 g/mol. The highest BCUT2D eigenvalue weighted by molar-refractivity contribution is 6.31. The van der Waals surface area contributed by atoms with Gasteiger partial charge in [0.2, 0.25) is 5.88 Å². The second-order valence-electron chi connectivity index (χ2n) is 5.23. The maximum absolute atomic E-state index is 11.9. The molecule has 1 amide bonds. The van der Waals surface area contributed by atoms with E-state index in [-0.39, 0.29) is 18.2 Å². The van der Waals surface area contributed by atoms with Crippen molar-refractivity contribution in [3.63, 3.8) is 0 Å². The van der Waals surface area contributed by atoms with Crippen molar-refractivity contribution in [2.75, 3.05) is 6.61 Å². The summed E-state index contributed by atoms with van der Waals surface area (Å²) < 4.78 is 6.84. The van der Waals surface area contributed by atoms with Gasteiger partial charge >= 0.3 is 5.91 Å². The van der Waals surface area contributed by atoms with Crippen molar-refractivity contribution in [1.29, 1.82) is 0 Å². The van der Waals surface area contributed by atoms with Gasteiger partial charge in [-0.2, -0.15) is 0 Å². The summed E-state index contributed by atoms with van der Waals surface area (Å²) in [5.74, 6) is -0.200. The normalized spacial score (nSPS) is 11.3. The van der Waals surface area contributed by atoms with E-state index in [1.165, 1.54) is 4.57 Å². The van der Waals surface area contributed by atoms with Gasteiger partial charge in [0, 0.05) is 22.5 Å². The van der Waals surface area contributed by atoms with E-state index >= 15 is 0 Å². The molecule has 0 aliphatic carbocycles. The molecule has 0 spiro atoms. The fourth-order valence-corrected chi connectivity index (χ4v) is 2.59. The van der Waals surface area contributed by atoms with Crippen molar-refractivity contribution in [3.05, 3.63) is 52.5 Å². The Hall–Kier alpha value is -2.57. The number of hydrogen-bond donors (Lipinski definition) is 1. The number of aromatic nitrogens is 1. The minimum Gasteiger partial charge on any atom is -0.493 e. The summed E-state index contributed by atoms with van der Waals surface area (Å²) >= 11 is 11.8. The molecule has 1 N–H and O–H groups in total. The quantitative estimate of drug-likeness (QED) is 0.658. The largest absolute Gasteiger partial charge is 0.493 e. The Bertz CT molecular complexity index is 965. The standard InChI is InChI=1S/C17H13Cl2N3O3/c1-22-14-7-4-11(19)8-13(14)16(17(22)24)21-20-15(23)9-25-12-5-2-10(18)3-6-12/h2-8,24H,9H2,1H3. The number of azo groups is 1. The molecule has 0 aliphatic heterocycles. The van der Waals surface area contributed by atoms with E-state index in [9.17, 15) is 9.90 Å². The molecule has 0 aliphatic rings. The van der Waals surface area contributed by atoms with Crippen LogP contribution < -0.4 is 4.74 Å². The molecule has 25 heavy (non-hydrogen) atoms. The second-order valence-corrected chi connectivity index (χ2v) is 6.10. The topological polar surface area (TPSA) is 76.2 Å². The fraction of sp³-hybridized carbons (Fsp3) is 0.118. The van der Waals surface area contributed by atoms with E-state index in [0.717, 1.165) is 5.52 Å². The zero-order chi connectivity index (χ0) is 18.0. The van der Waals surface area contributed by atoms with Crippen molar-refractivity contribution in [3.8, 4) is 11.6 Å². The van der Waals surface area contributed by atoms with Gasteiger partial charge in [-0.05, 0) is 42.5 Å². The maximum Gasteiger partial charge on any atom is 0.302 e. The molecule has 0 unspecified atom stereocenters. The molecule has 0 saturated carbocycles. The van der Waals surface area contributed by atoms with Gasteiger partial charge in [-0.3, -0.25) is 4.79 Å². The van der Waals surface area contributed by atoms with Crippen LogP contribution in [0, 0.1) is 0 Å². The first-order chi connectivity index (χ1) is 12.0. The number of carbonyl (C=O) groups is 1. The second kappa shape index (κ2) is 7.13. The van der Waals surface area contributed by atoms with E-state index in [2.05, 4.69) is 10.2 Å². The molecule has 6 nitrogen and oxygen atoms in total. The first-order valence-electron chi connectivity index (χ1n) is 7.25. The molecule has 0 radical (unpaired) electrons. The van der Waals surface area contributed by atoms with Crippen LogP contribution in [-0.2, 0) is 11.8 Å². The number of amides is 1. The van der Waals surface area contributed by atoms with Crippen LogP contribution in [-0.4, -0.2) is 22.2 Å². The molecule has 8 heteroatoms. The van der Waals surface area contributed by atoms with E-state index < -0.39 is 5.91 Å². The number of rotatable bonds is 4. The minimum atomic E-state index is -0.589. The van der Waals surface area contributed by atoms with Crippen LogP contribution in [0.2, 0.25) is 10.0 Å². The molecule has 1 aromatic heterocycles. The molecule has 3 rings (SSSR count). The highest BCUT2D eigenvalue weighted by Gasteiger charge is 2.15. The average Bonchev–Trinajstić information content (AvgIpc) is 2.83. The molecular formula is C17H13Cl2N3O3. The van der Waals surface area contributed by atoms with E-state index in [4.69, 9.17) is 27.9 Å². The lowest BCUT2D eigenvalue weighted by molar-refractivity contribution is -0.120. The maximum atomic E-state index is 11.9. The molecule has 0 saturated heterocycles. The Morgan fingerprint density at radius 2 is 1.84 bits per heavy atom. The molecule has 2 aromatic carbocycles. The van der Waals surface area contributed by atoms with Gasteiger partial charge in [-0.25, -0.2) is 0 Å². The third-order valence-electron chi connectivity index (χ3n) is 3.54. The number of halogens is 2. The highest BCUT2D eigenvalue weighted by atomic mass is 35.5. The minimum absolute atomic E-state index is 0.104. The van der Waals surface area contributed by atoms with Gasteiger partial charge in [0.25, 0.3) is 0 Å². The third-order valence-corrected chi connectivity index (χ3v) is 4.03. The summed E-state index contributed by atoms with van der Waals surface area (Å²) in [6.45, 7) is -0.280. The first-order valence-corrected chi connectivity index (χ1v) is 8.01. The van der Waals surface area contributed by atoms with Crippen LogP contribution in [0.25, 0.3) is 10.9 Å². The average molecular weight is 378 g/mol. The van der Waals surface area contributed by atoms with Crippen molar-refractivity contribution < 1.29 is 14.6 Å². The summed E-state index contributed by atoms with van der Waals surface area (Å²) in [4.78, 5) is 11.9. The van der Waals surface area contributed by atoms with E-state index in [1.807, 2.05) is 0 Å². The predicted octanol–water partition coefficient (Wildman–Crippen LogP) is 4.88. The Balaban J connectivity index is 1.76. The molecule has 0 fully saturated rings. The smallest absolute Gasteiger partial charge is 0.302 e. The van der Waals surface area contributed by atoms with Crippen molar-refractivity contribution in [1.82, 2.24) is 4.57 Å². The van der Waals surface area contributed by atoms with Gasteiger partial charge in [0.1, 0.15) is 5.75 Å². The molecule has 3 aromatic rings. The number of ether oxygens (including phenoxy) is 1. The first kappa shape index (κ1) is 17.3. The Kier molecular flexibility index (Phi) is 4.92. The number of benzene rings is 2. The van der Waals surface area contributed by atoms with E-state index in [1.54, 1.807) is 49.5 Å². The molecular weight excluding hydrogens is 365 g/mol. The van der Waals surface area contributed by atoms with Gasteiger partial charge < -0.3 is 14.4 Å². The highest BCUT2D eigenvalue weighted by Crippen LogP contribution is 2.39. The Morgan fingerprint density at radius 3 is 2.56 bits per heavy atom. The third kappa shape index (κ3) is 3.75. The number of aromatic hydroxyl groups is 1. The summed E-state index contributed by atoms with van der Waals surface area (Å²) in [7, 11) is 1.68. The van der Waals surface area contributed by atoms with Crippen molar-refractivity contribution in [2.24, 2.45) is 17.3 Å². The lowest BCUT2D eigenvalue weighted by Gasteiger charge is -2.02. The van der Waals surface area contributed by atoms with Gasteiger partial charge in [-0.1, -0.05) is 23.2 Å². The Morgan fingerprint density at radius 1 is 1.16 bits per heavy atom. The summed E-state index contributed by atoms with van der Waals surface area (Å²) in [6.07, 6.45) is 0. The predicted molar refractivity (Wildman–Crippen MR) is 96.1 cm³/mol. The number of carbonyl (C=O) groups excluding carboxylic acids is 1. The molecule has 0 atom stereocenters. The van der Waals surface area contributed by atoms with Crippen molar-refractivity contribution >= 4 is 45.7 Å². The van der Waals surface area contributed by atoms with Crippen LogP contribution >= 0.6 is 23.2 Å². The molecule has 0 bridgehead atoms. The van der Waals surface area contributed by atoms with Gasteiger partial charge in [-0.15, -0.1) is 10.2 Å².